The van der Waals surface area contributed by atoms with Crippen molar-refractivity contribution < 1.29 is 18.7 Å². The Kier molecular flexibility index (Phi) is 8.73. The SMILES string of the molecule is CCOC(=O)CCCCn1cc(C=C2CN(C(C(=O)C3CC3)c3ccccc3F)CCC2S)nn1. The van der Waals surface area contributed by atoms with Crippen LogP contribution in [0.5, 0.6) is 0 Å². The van der Waals surface area contributed by atoms with Gasteiger partial charge >= 0.3 is 5.97 Å². The van der Waals surface area contributed by atoms with E-state index in [1.807, 2.05) is 12.3 Å². The summed E-state index contributed by atoms with van der Waals surface area (Å²) in [5.74, 6) is -0.367. The molecule has 1 saturated carbocycles. The number of ether oxygens (including phenoxy) is 1. The third-order valence-electron chi connectivity index (χ3n) is 6.53. The number of thiol groups is 1. The molecular formula is C26H33FN4O3S. The van der Waals surface area contributed by atoms with E-state index in [1.165, 1.54) is 6.07 Å². The highest BCUT2D eigenvalue weighted by molar-refractivity contribution is 7.81. The summed E-state index contributed by atoms with van der Waals surface area (Å²) in [4.78, 5) is 26.7. The number of carbonyl (C=O) groups excluding carboxylic acids is 2. The van der Waals surface area contributed by atoms with Crippen molar-refractivity contribution in [3.8, 4) is 0 Å². The monoisotopic (exact) mass is 500 g/mol. The number of Topliss-reactive ketones (excluding diaryl/α,β-unsaturated/α-hetero) is 1. The van der Waals surface area contributed by atoms with E-state index in [1.54, 1.807) is 29.8 Å². The maximum Gasteiger partial charge on any atom is 0.305 e. The fourth-order valence-corrected chi connectivity index (χ4v) is 4.80. The van der Waals surface area contributed by atoms with Gasteiger partial charge in [0.05, 0.1) is 18.8 Å². The number of halogens is 1. The molecule has 0 radical (unpaired) electrons. The van der Waals surface area contributed by atoms with Crippen molar-refractivity contribution in [2.45, 2.75) is 63.3 Å². The van der Waals surface area contributed by atoms with Crippen molar-refractivity contribution in [3.63, 3.8) is 0 Å². The largest absolute Gasteiger partial charge is 0.466 e. The van der Waals surface area contributed by atoms with Crippen LogP contribution < -0.4 is 0 Å². The molecular weight excluding hydrogens is 467 g/mol. The Bertz CT molecular complexity index is 1070. The number of aryl methyl sites for hydroxylation is 1. The molecule has 1 saturated heterocycles. The Morgan fingerprint density at radius 2 is 2.06 bits per heavy atom. The van der Waals surface area contributed by atoms with Crippen molar-refractivity contribution in [3.05, 3.63) is 53.1 Å². The zero-order valence-corrected chi connectivity index (χ0v) is 21.0. The fourth-order valence-electron chi connectivity index (χ4n) is 4.53. The first-order valence-corrected chi connectivity index (χ1v) is 12.9. The molecule has 2 atom stereocenters. The third-order valence-corrected chi connectivity index (χ3v) is 7.12. The summed E-state index contributed by atoms with van der Waals surface area (Å²) in [5.41, 5.74) is 2.22. The maximum absolute atomic E-state index is 14.7. The molecule has 1 aliphatic heterocycles. The van der Waals surface area contributed by atoms with Crippen molar-refractivity contribution >= 4 is 30.5 Å². The highest BCUT2D eigenvalue weighted by Crippen LogP contribution is 2.39. The minimum atomic E-state index is -0.581. The van der Waals surface area contributed by atoms with Gasteiger partial charge in [-0.3, -0.25) is 19.2 Å². The van der Waals surface area contributed by atoms with E-state index >= 15 is 0 Å². The number of esters is 1. The van der Waals surface area contributed by atoms with Crippen molar-refractivity contribution in [1.29, 1.82) is 0 Å². The summed E-state index contributed by atoms with van der Waals surface area (Å²) in [6, 6.07) is 6.02. The minimum Gasteiger partial charge on any atom is -0.466 e. The molecule has 2 unspecified atom stereocenters. The first kappa shape index (κ1) is 25.6. The van der Waals surface area contributed by atoms with Gasteiger partial charge in [0.1, 0.15) is 11.5 Å². The molecule has 1 aromatic carbocycles. The molecule has 2 heterocycles. The van der Waals surface area contributed by atoms with Gasteiger partial charge in [-0.15, -0.1) is 5.10 Å². The van der Waals surface area contributed by atoms with E-state index in [0.717, 1.165) is 43.4 Å². The molecule has 0 amide bonds. The van der Waals surface area contributed by atoms with E-state index in [0.29, 0.717) is 38.2 Å². The quantitative estimate of drug-likeness (QED) is 0.282. The van der Waals surface area contributed by atoms with E-state index in [9.17, 15) is 14.0 Å². The van der Waals surface area contributed by atoms with Crippen LogP contribution in [0.25, 0.3) is 6.08 Å². The Balaban J connectivity index is 1.43. The van der Waals surface area contributed by atoms with Crippen LogP contribution >= 0.6 is 12.6 Å². The second-order valence-corrected chi connectivity index (χ2v) is 9.89. The molecule has 1 aromatic heterocycles. The van der Waals surface area contributed by atoms with Crippen LogP contribution in [0.15, 0.2) is 36.0 Å². The molecule has 4 rings (SSSR count). The number of likely N-dealkylation sites (tertiary alicyclic amines) is 1. The Hall–Kier alpha value is -2.52. The summed E-state index contributed by atoms with van der Waals surface area (Å²) in [7, 11) is 0. The predicted molar refractivity (Wildman–Crippen MR) is 134 cm³/mol. The second-order valence-electron chi connectivity index (χ2n) is 9.26. The van der Waals surface area contributed by atoms with Gasteiger partial charge in [0.15, 0.2) is 5.78 Å². The number of carbonyl (C=O) groups is 2. The lowest BCUT2D eigenvalue weighted by molar-refractivity contribution is -0.143. The highest BCUT2D eigenvalue weighted by Gasteiger charge is 2.40. The number of unbranched alkanes of at least 4 members (excludes halogenated alkanes) is 1. The van der Waals surface area contributed by atoms with Gasteiger partial charge in [-0.2, -0.15) is 12.6 Å². The Morgan fingerprint density at radius 1 is 1.26 bits per heavy atom. The molecule has 2 aromatic rings. The van der Waals surface area contributed by atoms with E-state index < -0.39 is 6.04 Å². The molecule has 1 aliphatic carbocycles. The average molecular weight is 501 g/mol. The van der Waals surface area contributed by atoms with Crippen LogP contribution in [0, 0.1) is 11.7 Å². The normalized spacial score (nSPS) is 20.7. The molecule has 7 nitrogen and oxygen atoms in total. The zero-order chi connectivity index (χ0) is 24.8. The van der Waals surface area contributed by atoms with Crippen molar-refractivity contribution in [2.75, 3.05) is 19.7 Å². The van der Waals surface area contributed by atoms with E-state index in [2.05, 4.69) is 15.2 Å². The van der Waals surface area contributed by atoms with Crippen LogP contribution in [0.4, 0.5) is 4.39 Å². The topological polar surface area (TPSA) is 77.3 Å². The summed E-state index contributed by atoms with van der Waals surface area (Å²) in [5, 5.41) is 8.51. The Labute approximate surface area is 211 Å². The lowest BCUT2D eigenvalue weighted by Gasteiger charge is -2.37. The summed E-state index contributed by atoms with van der Waals surface area (Å²) in [6.45, 7) is 4.07. The smallest absolute Gasteiger partial charge is 0.305 e. The van der Waals surface area contributed by atoms with Crippen molar-refractivity contribution in [1.82, 2.24) is 19.9 Å². The van der Waals surface area contributed by atoms with Gasteiger partial charge in [0.2, 0.25) is 0 Å². The van der Waals surface area contributed by atoms with Gasteiger partial charge in [-0.05, 0) is 56.7 Å². The number of nitrogens with zero attached hydrogens (tertiary/aromatic N) is 4. The molecule has 2 aliphatic rings. The molecule has 9 heteroatoms. The number of ketones is 1. The second kappa shape index (κ2) is 11.9. The van der Waals surface area contributed by atoms with Gasteiger partial charge < -0.3 is 4.74 Å². The standard InChI is InChI=1S/C26H33FN4O3S/c1-2-34-24(32)9-5-6-13-31-17-20(28-29-31)15-19-16-30(14-12-23(19)35)25(26(33)18-10-11-18)21-7-3-4-8-22(21)27/h3-4,7-8,15,17-18,23,25,35H,2,5-6,9-14,16H2,1H3. The van der Waals surface area contributed by atoms with Crippen LogP contribution in [0.1, 0.15) is 62.7 Å². The van der Waals surface area contributed by atoms with Crippen LogP contribution in [-0.2, 0) is 20.9 Å². The van der Waals surface area contributed by atoms with Gasteiger partial charge in [0.25, 0.3) is 0 Å². The fraction of sp³-hybridized carbons (Fsp3) is 0.538. The Morgan fingerprint density at radius 3 is 2.80 bits per heavy atom. The number of hydrogen-bond donors (Lipinski definition) is 1. The lowest BCUT2D eigenvalue weighted by atomic mass is 9.93. The van der Waals surface area contributed by atoms with Crippen molar-refractivity contribution in [2.24, 2.45) is 5.92 Å². The summed E-state index contributed by atoms with van der Waals surface area (Å²) < 4.78 is 21.4. The van der Waals surface area contributed by atoms with E-state index in [-0.39, 0.29) is 28.7 Å². The number of aromatic nitrogens is 3. The summed E-state index contributed by atoms with van der Waals surface area (Å²) >= 11 is 4.77. The lowest BCUT2D eigenvalue weighted by Crippen LogP contribution is -2.42. The predicted octanol–water partition coefficient (Wildman–Crippen LogP) is 4.26. The van der Waals surface area contributed by atoms with Crippen LogP contribution in [0.2, 0.25) is 0 Å². The van der Waals surface area contributed by atoms with Gasteiger partial charge in [0, 0.05) is 42.8 Å². The molecule has 35 heavy (non-hydrogen) atoms. The highest BCUT2D eigenvalue weighted by atomic mass is 32.1. The maximum atomic E-state index is 14.7. The van der Waals surface area contributed by atoms with Gasteiger partial charge in [-0.1, -0.05) is 23.4 Å². The number of piperidine rings is 1. The van der Waals surface area contributed by atoms with E-state index in [4.69, 9.17) is 17.4 Å². The van der Waals surface area contributed by atoms with Gasteiger partial charge in [-0.25, -0.2) is 4.39 Å². The molecule has 0 spiro atoms. The number of rotatable bonds is 11. The minimum absolute atomic E-state index is 0.0319. The third kappa shape index (κ3) is 6.79. The molecule has 2 fully saturated rings. The first-order chi connectivity index (χ1) is 17.0. The number of benzene rings is 1. The molecule has 0 bridgehead atoms. The molecule has 0 N–H and O–H groups in total. The summed E-state index contributed by atoms with van der Waals surface area (Å²) in [6.07, 6.45) is 8.33. The first-order valence-electron chi connectivity index (χ1n) is 12.4. The van der Waals surface area contributed by atoms with Crippen LogP contribution in [-0.4, -0.2) is 56.6 Å². The molecule has 188 valence electrons. The zero-order valence-electron chi connectivity index (χ0n) is 20.1. The van der Waals surface area contributed by atoms with Crippen LogP contribution in [0.3, 0.4) is 0 Å². The average Bonchev–Trinajstić information content (AvgIpc) is 3.60. The number of hydrogen-bond acceptors (Lipinski definition) is 7.